The number of carbonyl (C=O) groups excluding carboxylic acids is 1. The Bertz CT molecular complexity index is 650. The van der Waals surface area contributed by atoms with Gasteiger partial charge in [-0.3, -0.25) is 0 Å². The SMILES string of the molecule is C#CC12CC3C4CC5(C#CC(=O)OCC(C)C)CC3C(C1)C(C5)C4C2. The molecular weight excluding hydrogens is 308 g/mol. The van der Waals surface area contributed by atoms with Crippen LogP contribution in [0.1, 0.15) is 52.4 Å². The maximum absolute atomic E-state index is 12.0. The molecule has 8 bridgehead atoms. The van der Waals surface area contributed by atoms with Crippen LogP contribution in [-0.4, -0.2) is 12.6 Å². The number of terminal acetylenes is 1. The van der Waals surface area contributed by atoms with Gasteiger partial charge in [0.05, 0.1) is 6.61 Å². The number of esters is 1. The summed E-state index contributed by atoms with van der Waals surface area (Å²) < 4.78 is 5.26. The molecular formula is C23H28O2. The summed E-state index contributed by atoms with van der Waals surface area (Å²) in [6.45, 7) is 4.57. The van der Waals surface area contributed by atoms with Crippen molar-refractivity contribution in [3.8, 4) is 24.2 Å². The van der Waals surface area contributed by atoms with Crippen LogP contribution in [0.4, 0.5) is 0 Å². The Morgan fingerprint density at radius 2 is 1.40 bits per heavy atom. The van der Waals surface area contributed by atoms with Crippen LogP contribution in [0.15, 0.2) is 0 Å². The molecule has 2 nitrogen and oxygen atoms in total. The Balaban J connectivity index is 1.38. The summed E-state index contributed by atoms with van der Waals surface area (Å²) in [4.78, 5) is 12.0. The first-order chi connectivity index (χ1) is 11.9. The lowest BCUT2D eigenvalue weighted by Crippen LogP contribution is -2.67. The molecule has 25 heavy (non-hydrogen) atoms. The Hall–Kier alpha value is -1.41. The lowest BCUT2D eigenvalue weighted by molar-refractivity contribution is -0.233. The maximum Gasteiger partial charge on any atom is 0.384 e. The van der Waals surface area contributed by atoms with Crippen LogP contribution in [0, 0.1) is 76.4 Å². The fourth-order valence-electron chi connectivity index (χ4n) is 7.72. The third kappa shape index (κ3) is 2.16. The van der Waals surface area contributed by atoms with Crippen molar-refractivity contribution in [1.29, 1.82) is 0 Å². The highest BCUT2D eigenvalue weighted by Gasteiger charge is 2.70. The Labute approximate surface area is 151 Å². The quantitative estimate of drug-likeness (QED) is 0.434. The molecule has 7 fully saturated rings. The Morgan fingerprint density at radius 3 is 1.80 bits per heavy atom. The highest BCUT2D eigenvalue weighted by Crippen LogP contribution is 2.76. The summed E-state index contributed by atoms with van der Waals surface area (Å²) in [6.07, 6.45) is 13.4. The zero-order valence-corrected chi connectivity index (χ0v) is 15.4. The van der Waals surface area contributed by atoms with E-state index >= 15 is 0 Å². The van der Waals surface area contributed by atoms with Gasteiger partial charge in [-0.05, 0) is 80.0 Å². The molecule has 0 N–H and O–H groups in total. The molecule has 0 amide bonds. The highest BCUT2D eigenvalue weighted by molar-refractivity contribution is 5.88. The molecule has 0 saturated heterocycles. The van der Waals surface area contributed by atoms with Crippen molar-refractivity contribution in [1.82, 2.24) is 0 Å². The zero-order valence-electron chi connectivity index (χ0n) is 15.4. The number of ether oxygens (including phenoxy) is 1. The monoisotopic (exact) mass is 336 g/mol. The third-order valence-electron chi connectivity index (χ3n) is 8.34. The predicted octanol–water partition coefficient (Wildman–Crippen LogP) is 3.90. The number of rotatable bonds is 2. The molecule has 0 heterocycles. The van der Waals surface area contributed by atoms with Gasteiger partial charge in [-0.1, -0.05) is 25.7 Å². The first kappa shape index (κ1) is 15.8. The van der Waals surface area contributed by atoms with E-state index in [4.69, 9.17) is 11.2 Å². The van der Waals surface area contributed by atoms with Crippen LogP contribution in [-0.2, 0) is 9.53 Å². The molecule has 0 atom stereocenters. The number of hydrogen-bond acceptors (Lipinski definition) is 2. The fourth-order valence-corrected chi connectivity index (χ4v) is 7.72. The van der Waals surface area contributed by atoms with Gasteiger partial charge in [-0.25, -0.2) is 4.79 Å². The van der Waals surface area contributed by atoms with Crippen LogP contribution < -0.4 is 0 Å². The molecule has 7 aliphatic rings. The molecule has 0 aromatic heterocycles. The minimum absolute atomic E-state index is 0.0911. The summed E-state index contributed by atoms with van der Waals surface area (Å²) in [5.74, 6) is 14.5. The number of carbonyl (C=O) groups is 1. The van der Waals surface area contributed by atoms with Gasteiger partial charge in [0.25, 0.3) is 0 Å². The molecule has 7 aliphatic carbocycles. The van der Waals surface area contributed by atoms with Gasteiger partial charge in [0.2, 0.25) is 0 Å². The molecule has 0 aromatic rings. The molecule has 0 radical (unpaired) electrons. The molecule has 2 heteroatoms. The van der Waals surface area contributed by atoms with Crippen molar-refractivity contribution < 1.29 is 9.53 Å². The third-order valence-corrected chi connectivity index (χ3v) is 8.34. The highest BCUT2D eigenvalue weighted by atomic mass is 16.5. The predicted molar refractivity (Wildman–Crippen MR) is 95.9 cm³/mol. The summed E-state index contributed by atoms with van der Waals surface area (Å²) in [6, 6.07) is 0. The van der Waals surface area contributed by atoms with Crippen LogP contribution >= 0.6 is 0 Å². The van der Waals surface area contributed by atoms with Gasteiger partial charge in [-0.2, -0.15) is 0 Å². The maximum atomic E-state index is 12.0. The molecule has 0 unspecified atom stereocenters. The van der Waals surface area contributed by atoms with Crippen molar-refractivity contribution in [3.05, 3.63) is 0 Å². The smallest absolute Gasteiger partial charge is 0.384 e. The van der Waals surface area contributed by atoms with Gasteiger partial charge < -0.3 is 4.74 Å². The Kier molecular flexibility index (Phi) is 3.20. The van der Waals surface area contributed by atoms with Gasteiger partial charge in [-0.15, -0.1) is 6.42 Å². The topological polar surface area (TPSA) is 26.3 Å². The van der Waals surface area contributed by atoms with Crippen LogP contribution in [0.5, 0.6) is 0 Å². The van der Waals surface area contributed by atoms with E-state index in [2.05, 4.69) is 17.8 Å². The first-order valence-electron chi connectivity index (χ1n) is 10.1. The second kappa shape index (κ2) is 5.07. The van der Waals surface area contributed by atoms with Gasteiger partial charge >= 0.3 is 5.97 Å². The second-order valence-electron chi connectivity index (χ2n) is 10.2. The molecule has 7 saturated carbocycles. The molecule has 0 aromatic carbocycles. The summed E-state index contributed by atoms with van der Waals surface area (Å²) in [7, 11) is 0. The standard InChI is InChI=1S/C23H28O2/c1-4-22-7-15-18-10-23(6-5-21(24)25-13-14(2)3)11-19(15)17(9-22)20(12-23)16(18)8-22/h1,14-20H,7-13H2,2-3H3. The van der Waals surface area contributed by atoms with Gasteiger partial charge in [0, 0.05) is 16.8 Å². The van der Waals surface area contributed by atoms with Crippen molar-refractivity contribution in [2.45, 2.75) is 52.4 Å². The second-order valence-corrected chi connectivity index (χ2v) is 10.2. The lowest BCUT2D eigenvalue weighted by Gasteiger charge is -2.73. The Morgan fingerprint density at radius 1 is 0.960 bits per heavy atom. The average molecular weight is 336 g/mol. The lowest BCUT2D eigenvalue weighted by atomic mass is 9.31. The van der Waals surface area contributed by atoms with Crippen molar-refractivity contribution in [2.75, 3.05) is 6.61 Å². The van der Waals surface area contributed by atoms with Gasteiger partial charge in [0.1, 0.15) is 0 Å². The minimum Gasteiger partial charge on any atom is -0.456 e. The van der Waals surface area contributed by atoms with Crippen LogP contribution in [0.25, 0.3) is 0 Å². The van der Waals surface area contributed by atoms with E-state index in [0.717, 1.165) is 35.5 Å². The van der Waals surface area contributed by atoms with Crippen molar-refractivity contribution in [2.24, 2.45) is 52.3 Å². The fraction of sp³-hybridized carbons (Fsp3) is 0.783. The van der Waals surface area contributed by atoms with E-state index in [1.807, 2.05) is 13.8 Å². The van der Waals surface area contributed by atoms with E-state index in [1.165, 1.54) is 38.5 Å². The first-order valence-corrected chi connectivity index (χ1v) is 10.1. The van der Waals surface area contributed by atoms with E-state index in [-0.39, 0.29) is 16.8 Å². The van der Waals surface area contributed by atoms with Crippen LogP contribution in [0.3, 0.4) is 0 Å². The summed E-state index contributed by atoms with van der Waals surface area (Å²) >= 11 is 0. The molecule has 0 aliphatic heterocycles. The summed E-state index contributed by atoms with van der Waals surface area (Å²) in [5.41, 5.74) is 0.320. The van der Waals surface area contributed by atoms with Crippen molar-refractivity contribution in [3.63, 3.8) is 0 Å². The minimum atomic E-state index is -0.334. The average Bonchev–Trinajstić information content (AvgIpc) is 2.62. The largest absolute Gasteiger partial charge is 0.456 e. The molecule has 0 spiro atoms. The van der Waals surface area contributed by atoms with Crippen LogP contribution in [0.2, 0.25) is 0 Å². The van der Waals surface area contributed by atoms with E-state index < -0.39 is 0 Å². The molecule has 132 valence electrons. The normalized spacial score (nSPS) is 50.5. The van der Waals surface area contributed by atoms with E-state index in [9.17, 15) is 4.79 Å². The van der Waals surface area contributed by atoms with E-state index in [0.29, 0.717) is 12.5 Å². The zero-order chi connectivity index (χ0) is 17.4. The summed E-state index contributed by atoms with van der Waals surface area (Å²) in [5, 5.41) is 0. The number of hydrogen-bond donors (Lipinski definition) is 0. The van der Waals surface area contributed by atoms with Gasteiger partial charge in [0.15, 0.2) is 0 Å². The van der Waals surface area contributed by atoms with E-state index in [1.54, 1.807) is 0 Å². The van der Waals surface area contributed by atoms with Crippen molar-refractivity contribution >= 4 is 5.97 Å². The molecule has 7 rings (SSSR count).